The highest BCUT2D eigenvalue weighted by Crippen LogP contribution is 2.05. The first kappa shape index (κ1) is 17.9. The van der Waals surface area contributed by atoms with Crippen molar-refractivity contribution in [3.05, 3.63) is 0 Å². The molecule has 0 radical (unpaired) electrons. The molecule has 0 aromatic heterocycles. The summed E-state index contributed by atoms with van der Waals surface area (Å²) in [5.41, 5.74) is 0. The predicted octanol–water partition coefficient (Wildman–Crippen LogP) is 0.735. The number of unbranched alkanes of at least 4 members (excludes halogenated alkanes) is 1. The molecule has 0 spiro atoms. The molecule has 1 atom stereocenters. The van der Waals surface area contributed by atoms with Gasteiger partial charge in [0.25, 0.3) is 0 Å². The van der Waals surface area contributed by atoms with Crippen LogP contribution in [0.25, 0.3) is 0 Å². The number of carboxylic acid groups (broad SMARTS) is 1. The fourth-order valence-corrected chi connectivity index (χ4v) is 1.55. The Morgan fingerprint density at radius 3 is 2.53 bits per heavy atom. The van der Waals surface area contributed by atoms with Crippen molar-refractivity contribution < 1.29 is 24.5 Å². The molecule has 2 N–H and O–H groups in total. The topological polar surface area (TPSA) is 87.1 Å². The van der Waals surface area contributed by atoms with Gasteiger partial charge in [-0.05, 0) is 6.42 Å². The second kappa shape index (κ2) is 10.8. The molecule has 0 saturated carbocycles. The maximum atomic E-state index is 12.0. The van der Waals surface area contributed by atoms with Crippen molar-refractivity contribution >= 4 is 11.9 Å². The summed E-state index contributed by atoms with van der Waals surface area (Å²) < 4.78 is 5.12. The second-order valence-corrected chi connectivity index (χ2v) is 4.52. The van der Waals surface area contributed by atoms with Crippen LogP contribution in [0.2, 0.25) is 0 Å². The molecule has 0 aliphatic rings. The highest BCUT2D eigenvalue weighted by Gasteiger charge is 2.19. The molecule has 0 aliphatic heterocycles. The molecule has 19 heavy (non-hydrogen) atoms. The zero-order valence-electron chi connectivity index (χ0n) is 11.8. The van der Waals surface area contributed by atoms with Crippen molar-refractivity contribution in [1.82, 2.24) is 4.90 Å². The molecule has 6 nitrogen and oxygen atoms in total. The number of aliphatic hydroxyl groups is 1. The number of hydrogen-bond donors (Lipinski definition) is 2. The molecule has 0 aliphatic carbocycles. The van der Waals surface area contributed by atoms with Gasteiger partial charge in [0.05, 0.1) is 25.7 Å². The van der Waals surface area contributed by atoms with Crippen molar-refractivity contribution in [2.75, 3.05) is 32.9 Å². The summed E-state index contributed by atoms with van der Waals surface area (Å²) in [7, 11) is 0. The van der Waals surface area contributed by atoms with E-state index in [1.807, 2.05) is 6.92 Å². The van der Waals surface area contributed by atoms with E-state index in [1.54, 1.807) is 6.92 Å². The largest absolute Gasteiger partial charge is 0.481 e. The average Bonchev–Trinajstić information content (AvgIpc) is 2.39. The Balaban J connectivity index is 4.28. The van der Waals surface area contributed by atoms with Gasteiger partial charge in [-0.2, -0.15) is 0 Å². The van der Waals surface area contributed by atoms with Crippen LogP contribution in [-0.4, -0.2) is 59.9 Å². The molecule has 0 aromatic carbocycles. The van der Waals surface area contributed by atoms with Gasteiger partial charge < -0.3 is 19.8 Å². The van der Waals surface area contributed by atoms with Crippen LogP contribution in [0.1, 0.15) is 33.1 Å². The number of hydrogen-bond acceptors (Lipinski definition) is 4. The van der Waals surface area contributed by atoms with Gasteiger partial charge in [0.1, 0.15) is 0 Å². The fourth-order valence-electron chi connectivity index (χ4n) is 1.55. The van der Waals surface area contributed by atoms with Gasteiger partial charge in [-0.25, -0.2) is 0 Å². The number of rotatable bonds is 11. The number of carbonyl (C=O) groups is 2. The first-order valence-corrected chi connectivity index (χ1v) is 6.72. The van der Waals surface area contributed by atoms with Crippen LogP contribution in [0.15, 0.2) is 0 Å². The van der Waals surface area contributed by atoms with Gasteiger partial charge in [-0.15, -0.1) is 0 Å². The van der Waals surface area contributed by atoms with E-state index >= 15 is 0 Å². The fraction of sp³-hybridized carbons (Fsp3) is 0.846. The molecule has 0 fully saturated rings. The van der Waals surface area contributed by atoms with Crippen LogP contribution in [0.3, 0.4) is 0 Å². The zero-order chi connectivity index (χ0) is 14.7. The van der Waals surface area contributed by atoms with Gasteiger partial charge >= 0.3 is 5.97 Å². The standard InChI is InChI=1S/C13H25NO5/c1-3-4-5-12(16)14(6-8-19-9-7-15)10-11(2)13(17)18/h11,15H,3-10H2,1-2H3,(H,17,18). The van der Waals surface area contributed by atoms with Gasteiger partial charge in [-0.3, -0.25) is 9.59 Å². The SMILES string of the molecule is CCCCC(=O)N(CCOCCO)CC(C)C(=O)O. The minimum atomic E-state index is -0.912. The minimum Gasteiger partial charge on any atom is -0.481 e. The monoisotopic (exact) mass is 275 g/mol. The highest BCUT2D eigenvalue weighted by molar-refractivity contribution is 5.77. The van der Waals surface area contributed by atoms with Gasteiger partial charge in [-0.1, -0.05) is 20.3 Å². The van der Waals surface area contributed by atoms with Crippen molar-refractivity contribution in [3.63, 3.8) is 0 Å². The maximum Gasteiger partial charge on any atom is 0.308 e. The van der Waals surface area contributed by atoms with Crippen molar-refractivity contribution in [2.45, 2.75) is 33.1 Å². The minimum absolute atomic E-state index is 0.0393. The lowest BCUT2D eigenvalue weighted by Gasteiger charge is -2.24. The lowest BCUT2D eigenvalue weighted by molar-refractivity contribution is -0.143. The van der Waals surface area contributed by atoms with Gasteiger partial charge in [0, 0.05) is 19.5 Å². The van der Waals surface area contributed by atoms with E-state index in [-0.39, 0.29) is 25.7 Å². The van der Waals surface area contributed by atoms with E-state index in [0.717, 1.165) is 12.8 Å². The molecular weight excluding hydrogens is 250 g/mol. The average molecular weight is 275 g/mol. The normalized spacial score (nSPS) is 12.2. The Labute approximate surface area is 114 Å². The first-order valence-electron chi connectivity index (χ1n) is 6.72. The molecule has 0 bridgehead atoms. The van der Waals surface area contributed by atoms with E-state index in [2.05, 4.69) is 0 Å². The summed E-state index contributed by atoms with van der Waals surface area (Å²) >= 11 is 0. The summed E-state index contributed by atoms with van der Waals surface area (Å²) in [6, 6.07) is 0. The summed E-state index contributed by atoms with van der Waals surface area (Å²) in [6.07, 6.45) is 2.16. The van der Waals surface area contributed by atoms with Crippen LogP contribution in [0.4, 0.5) is 0 Å². The van der Waals surface area contributed by atoms with Crippen LogP contribution >= 0.6 is 0 Å². The molecule has 0 rings (SSSR count). The number of nitrogens with zero attached hydrogens (tertiary/aromatic N) is 1. The van der Waals surface area contributed by atoms with E-state index in [0.29, 0.717) is 19.6 Å². The number of aliphatic hydroxyl groups excluding tert-OH is 1. The highest BCUT2D eigenvalue weighted by atomic mass is 16.5. The smallest absolute Gasteiger partial charge is 0.308 e. The van der Waals surface area contributed by atoms with Crippen LogP contribution < -0.4 is 0 Å². The molecule has 112 valence electrons. The summed E-state index contributed by atoms with van der Waals surface area (Å²) in [5.74, 6) is -1.55. The van der Waals surface area contributed by atoms with Crippen molar-refractivity contribution in [2.24, 2.45) is 5.92 Å². The van der Waals surface area contributed by atoms with Crippen LogP contribution in [-0.2, 0) is 14.3 Å². The Bertz CT molecular complexity index is 270. The molecule has 0 saturated heterocycles. The second-order valence-electron chi connectivity index (χ2n) is 4.52. The predicted molar refractivity (Wildman–Crippen MR) is 70.8 cm³/mol. The summed E-state index contributed by atoms with van der Waals surface area (Å²) in [5, 5.41) is 17.5. The van der Waals surface area contributed by atoms with Crippen LogP contribution in [0.5, 0.6) is 0 Å². The number of ether oxygens (including phenoxy) is 1. The summed E-state index contributed by atoms with van der Waals surface area (Å²) in [6.45, 7) is 4.62. The van der Waals surface area contributed by atoms with E-state index in [4.69, 9.17) is 14.9 Å². The maximum absolute atomic E-state index is 12.0. The molecule has 1 unspecified atom stereocenters. The van der Waals surface area contributed by atoms with Crippen molar-refractivity contribution in [1.29, 1.82) is 0 Å². The molecule has 0 aromatic rings. The van der Waals surface area contributed by atoms with E-state index < -0.39 is 11.9 Å². The lowest BCUT2D eigenvalue weighted by atomic mass is 10.1. The molecule has 0 heterocycles. The van der Waals surface area contributed by atoms with E-state index in [1.165, 1.54) is 4.90 Å². The Kier molecular flexibility index (Phi) is 10.1. The third-order valence-corrected chi connectivity index (χ3v) is 2.75. The van der Waals surface area contributed by atoms with Gasteiger partial charge in [0.15, 0.2) is 0 Å². The van der Waals surface area contributed by atoms with Gasteiger partial charge in [0.2, 0.25) is 5.91 Å². The number of carboxylic acids is 1. The zero-order valence-corrected chi connectivity index (χ0v) is 11.8. The molecule has 1 amide bonds. The first-order chi connectivity index (χ1) is 9.02. The number of amides is 1. The Hall–Kier alpha value is -1.14. The quantitative estimate of drug-likeness (QED) is 0.543. The summed E-state index contributed by atoms with van der Waals surface area (Å²) in [4.78, 5) is 24.3. The Morgan fingerprint density at radius 2 is 2.00 bits per heavy atom. The van der Waals surface area contributed by atoms with Crippen molar-refractivity contribution in [3.8, 4) is 0 Å². The molecule has 6 heteroatoms. The third-order valence-electron chi connectivity index (χ3n) is 2.75. The lowest BCUT2D eigenvalue weighted by Crippen LogP contribution is -2.39. The Morgan fingerprint density at radius 1 is 1.32 bits per heavy atom. The number of aliphatic carboxylic acids is 1. The number of carbonyl (C=O) groups excluding carboxylic acids is 1. The third kappa shape index (κ3) is 8.56. The van der Waals surface area contributed by atoms with Crippen LogP contribution in [0, 0.1) is 5.92 Å². The van der Waals surface area contributed by atoms with E-state index in [9.17, 15) is 9.59 Å². The molecular formula is C13H25NO5.